The van der Waals surface area contributed by atoms with Crippen LogP contribution in [-0.2, 0) is 0 Å². The van der Waals surface area contributed by atoms with E-state index in [4.69, 9.17) is 4.74 Å². The summed E-state index contributed by atoms with van der Waals surface area (Å²) in [6, 6.07) is 14.9. The summed E-state index contributed by atoms with van der Waals surface area (Å²) < 4.78 is 6.54. The molecule has 2 aromatic rings. The smallest absolute Gasteiger partial charge is 0.275 e. The Labute approximate surface area is 137 Å². The highest BCUT2D eigenvalue weighted by atomic mass is 127. The zero-order chi connectivity index (χ0) is 15.1. The molecule has 1 amide bonds. The fraction of sp³-hybridized carbons (Fsp3) is 0.125. The summed E-state index contributed by atoms with van der Waals surface area (Å²) in [5.74, 6) is 0.267. The van der Waals surface area contributed by atoms with Crippen LogP contribution in [0, 0.1) is 3.57 Å². The lowest BCUT2D eigenvalue weighted by molar-refractivity contribution is 0.0951. The van der Waals surface area contributed by atoms with E-state index < -0.39 is 0 Å². The van der Waals surface area contributed by atoms with Gasteiger partial charge in [-0.2, -0.15) is 5.10 Å². The van der Waals surface area contributed by atoms with Crippen molar-refractivity contribution in [3.63, 3.8) is 0 Å². The minimum atomic E-state index is -0.291. The van der Waals surface area contributed by atoms with Gasteiger partial charge in [-0.15, -0.1) is 0 Å². The summed E-state index contributed by atoms with van der Waals surface area (Å²) in [5.41, 5.74) is 3.92. The molecule has 0 aliphatic heterocycles. The number of carbonyl (C=O) groups excluding carboxylic acids is 1. The number of hydrazone groups is 1. The van der Waals surface area contributed by atoms with E-state index in [1.165, 1.54) is 0 Å². The first-order valence-corrected chi connectivity index (χ1v) is 7.59. The van der Waals surface area contributed by atoms with E-state index in [9.17, 15) is 4.79 Å². The van der Waals surface area contributed by atoms with Crippen LogP contribution in [0.1, 0.15) is 22.8 Å². The van der Waals surface area contributed by atoms with Gasteiger partial charge in [0.1, 0.15) is 5.75 Å². The highest BCUT2D eigenvalue weighted by Gasteiger charge is 2.10. The Morgan fingerprint density at radius 1 is 1.29 bits per heavy atom. The zero-order valence-corrected chi connectivity index (χ0v) is 13.7. The summed E-state index contributed by atoms with van der Waals surface area (Å²) in [7, 11) is 0. The molecule has 5 heteroatoms. The third-order valence-corrected chi connectivity index (χ3v) is 3.33. The molecule has 0 spiro atoms. The Bertz CT molecular complexity index is 656. The number of benzene rings is 2. The highest BCUT2D eigenvalue weighted by molar-refractivity contribution is 14.1. The molecule has 0 aliphatic carbocycles. The Morgan fingerprint density at radius 2 is 2.10 bits per heavy atom. The van der Waals surface area contributed by atoms with Gasteiger partial charge in [0.05, 0.1) is 18.4 Å². The first-order chi connectivity index (χ1) is 10.2. The first kappa shape index (κ1) is 15.5. The average Bonchev–Trinajstić information content (AvgIpc) is 2.48. The molecule has 0 aliphatic rings. The number of carbonyl (C=O) groups is 1. The van der Waals surface area contributed by atoms with Crippen LogP contribution >= 0.6 is 22.6 Å². The number of amides is 1. The van der Waals surface area contributed by atoms with Crippen molar-refractivity contribution in [2.24, 2.45) is 5.10 Å². The van der Waals surface area contributed by atoms with Crippen molar-refractivity contribution in [2.75, 3.05) is 6.61 Å². The Kier molecular flexibility index (Phi) is 5.74. The van der Waals surface area contributed by atoms with Gasteiger partial charge in [0.2, 0.25) is 0 Å². The standard InChI is InChI=1S/C16H15IN2O2/c1-2-21-15-9-4-3-8-14(15)16(20)19-18-11-12-6-5-7-13(17)10-12/h3-11H,2H2,1H3,(H,19,20)/b18-11+. The molecule has 4 nitrogen and oxygen atoms in total. The van der Waals surface area contributed by atoms with E-state index >= 15 is 0 Å². The molecule has 0 bridgehead atoms. The van der Waals surface area contributed by atoms with Crippen molar-refractivity contribution in [1.29, 1.82) is 0 Å². The third-order valence-electron chi connectivity index (χ3n) is 2.66. The molecule has 21 heavy (non-hydrogen) atoms. The maximum absolute atomic E-state index is 12.1. The Morgan fingerprint density at radius 3 is 2.86 bits per heavy atom. The fourth-order valence-corrected chi connectivity index (χ4v) is 2.32. The van der Waals surface area contributed by atoms with Crippen molar-refractivity contribution in [3.05, 3.63) is 63.2 Å². The second-order valence-electron chi connectivity index (χ2n) is 4.18. The number of rotatable bonds is 5. The van der Waals surface area contributed by atoms with Gasteiger partial charge in [-0.1, -0.05) is 24.3 Å². The molecule has 108 valence electrons. The van der Waals surface area contributed by atoms with Crippen LogP contribution in [0.5, 0.6) is 5.75 Å². The van der Waals surface area contributed by atoms with Crippen LogP contribution in [-0.4, -0.2) is 18.7 Å². The van der Waals surface area contributed by atoms with Crippen molar-refractivity contribution >= 4 is 34.7 Å². The average molecular weight is 394 g/mol. The number of halogens is 1. The molecule has 0 fully saturated rings. The van der Waals surface area contributed by atoms with E-state index in [0.717, 1.165) is 9.13 Å². The fourth-order valence-electron chi connectivity index (χ4n) is 1.75. The largest absolute Gasteiger partial charge is 0.493 e. The van der Waals surface area contributed by atoms with Crippen molar-refractivity contribution in [1.82, 2.24) is 5.43 Å². The molecule has 0 saturated carbocycles. The van der Waals surface area contributed by atoms with Crippen molar-refractivity contribution in [2.45, 2.75) is 6.92 Å². The molecule has 2 rings (SSSR count). The van der Waals surface area contributed by atoms with Crippen molar-refractivity contribution < 1.29 is 9.53 Å². The molecule has 0 unspecified atom stereocenters. The monoisotopic (exact) mass is 394 g/mol. The lowest BCUT2D eigenvalue weighted by Crippen LogP contribution is -2.18. The molecule has 0 saturated heterocycles. The summed E-state index contributed by atoms with van der Waals surface area (Å²) in [5, 5.41) is 3.98. The molecular weight excluding hydrogens is 379 g/mol. The summed E-state index contributed by atoms with van der Waals surface area (Å²) in [6.07, 6.45) is 1.61. The topological polar surface area (TPSA) is 50.7 Å². The van der Waals surface area contributed by atoms with Gasteiger partial charge < -0.3 is 4.74 Å². The quantitative estimate of drug-likeness (QED) is 0.480. The van der Waals surface area contributed by atoms with Crippen LogP contribution < -0.4 is 10.2 Å². The lowest BCUT2D eigenvalue weighted by Gasteiger charge is -2.08. The number of nitrogens with zero attached hydrogens (tertiary/aromatic N) is 1. The van der Waals surface area contributed by atoms with Gasteiger partial charge in [-0.25, -0.2) is 5.43 Å². The van der Waals surface area contributed by atoms with Gasteiger partial charge in [-0.3, -0.25) is 4.79 Å². The minimum Gasteiger partial charge on any atom is -0.493 e. The van der Waals surface area contributed by atoms with Gasteiger partial charge in [0, 0.05) is 3.57 Å². The highest BCUT2D eigenvalue weighted by Crippen LogP contribution is 2.17. The molecule has 0 heterocycles. The molecule has 0 aromatic heterocycles. The van der Waals surface area contributed by atoms with Gasteiger partial charge >= 0.3 is 0 Å². The summed E-state index contributed by atoms with van der Waals surface area (Å²) in [4.78, 5) is 12.1. The number of ether oxygens (including phenoxy) is 1. The second-order valence-corrected chi connectivity index (χ2v) is 5.43. The van der Waals surface area contributed by atoms with Crippen molar-refractivity contribution in [3.8, 4) is 5.75 Å². The Hall–Kier alpha value is -1.89. The van der Waals surface area contributed by atoms with Crippen LogP contribution in [0.2, 0.25) is 0 Å². The number of nitrogens with one attached hydrogen (secondary N) is 1. The number of hydrogen-bond donors (Lipinski definition) is 1. The molecule has 1 N–H and O–H groups in total. The van der Waals surface area contributed by atoms with Gasteiger partial charge in [0.25, 0.3) is 5.91 Å². The first-order valence-electron chi connectivity index (χ1n) is 6.51. The van der Waals surface area contributed by atoms with E-state index in [0.29, 0.717) is 17.9 Å². The summed E-state index contributed by atoms with van der Waals surface area (Å²) in [6.45, 7) is 2.39. The molecule has 2 aromatic carbocycles. The normalized spacial score (nSPS) is 10.6. The number of para-hydroxylation sites is 1. The van der Waals surface area contributed by atoms with E-state index in [1.807, 2.05) is 37.3 Å². The van der Waals surface area contributed by atoms with E-state index in [2.05, 4.69) is 33.1 Å². The molecule has 0 atom stereocenters. The predicted molar refractivity (Wildman–Crippen MR) is 91.8 cm³/mol. The maximum atomic E-state index is 12.1. The van der Waals surface area contributed by atoms with Crippen LogP contribution in [0.15, 0.2) is 53.6 Å². The van der Waals surface area contributed by atoms with Gasteiger partial charge in [-0.05, 0) is 59.3 Å². The van der Waals surface area contributed by atoms with E-state index in [-0.39, 0.29) is 5.91 Å². The third kappa shape index (κ3) is 4.56. The maximum Gasteiger partial charge on any atom is 0.275 e. The Balaban J connectivity index is 2.05. The SMILES string of the molecule is CCOc1ccccc1C(=O)N/N=C/c1cccc(I)c1. The summed E-state index contributed by atoms with van der Waals surface area (Å²) >= 11 is 2.23. The molecule has 0 radical (unpaired) electrons. The lowest BCUT2D eigenvalue weighted by atomic mass is 10.2. The minimum absolute atomic E-state index is 0.291. The molecular formula is C16H15IN2O2. The van der Waals surface area contributed by atoms with Crippen LogP contribution in [0.4, 0.5) is 0 Å². The predicted octanol–water partition coefficient (Wildman–Crippen LogP) is 3.45. The van der Waals surface area contributed by atoms with Crippen LogP contribution in [0.25, 0.3) is 0 Å². The van der Waals surface area contributed by atoms with Gasteiger partial charge in [0.15, 0.2) is 0 Å². The second kappa shape index (κ2) is 7.78. The zero-order valence-electron chi connectivity index (χ0n) is 11.5. The van der Waals surface area contributed by atoms with Crippen LogP contribution in [0.3, 0.4) is 0 Å². The number of hydrogen-bond acceptors (Lipinski definition) is 3. The van der Waals surface area contributed by atoms with E-state index in [1.54, 1.807) is 24.4 Å².